The molecule has 0 radical (unpaired) electrons. The number of carbonyl (C=O) groups excluding carboxylic acids is 1. The van der Waals surface area contributed by atoms with Crippen LogP contribution in [0.3, 0.4) is 0 Å². The summed E-state index contributed by atoms with van der Waals surface area (Å²) in [5.74, 6) is -4.23. The minimum Gasteiger partial charge on any atom is -0.483 e. The number of halogens is 4. The zero-order chi connectivity index (χ0) is 23.7. The number of rotatable bonds is 3. The molecule has 32 heavy (non-hydrogen) atoms. The van der Waals surface area contributed by atoms with E-state index in [2.05, 4.69) is 9.97 Å². The van der Waals surface area contributed by atoms with Crippen molar-refractivity contribution in [3.05, 3.63) is 41.1 Å². The third-order valence-corrected chi connectivity index (χ3v) is 4.73. The van der Waals surface area contributed by atoms with Gasteiger partial charge in [0, 0.05) is 18.5 Å². The lowest BCUT2D eigenvalue weighted by Crippen LogP contribution is -2.56. The molecule has 2 heterocycles. The lowest BCUT2D eigenvalue weighted by molar-refractivity contribution is -0.137. The molecule has 1 atom stereocenters. The molecule has 0 spiro atoms. The van der Waals surface area contributed by atoms with E-state index in [0.717, 1.165) is 11.1 Å². The average molecular weight is 469 g/mol. The fourth-order valence-electron chi connectivity index (χ4n) is 3.12. The SMILES string of the molecule is CC(C)(C)OC(=O)N1CC[C@H](Oc2ccc(-c3nc(Cl)ncc3F)cc2C#N)C(F)(F)C1. The van der Waals surface area contributed by atoms with Gasteiger partial charge in [-0.1, -0.05) is 0 Å². The number of hydrogen-bond donors (Lipinski definition) is 0. The Morgan fingerprint density at radius 1 is 1.38 bits per heavy atom. The molecule has 1 aliphatic heterocycles. The maximum atomic E-state index is 14.7. The molecule has 170 valence electrons. The quantitative estimate of drug-likeness (QED) is 0.599. The van der Waals surface area contributed by atoms with E-state index >= 15 is 0 Å². The van der Waals surface area contributed by atoms with Gasteiger partial charge < -0.3 is 14.4 Å². The standard InChI is InChI=1S/C21H20ClF3N4O3/c1-20(2,3)32-19(30)29-7-6-16(21(24,25)11-29)31-15-5-4-12(8-13(15)9-26)17-14(23)10-27-18(22)28-17/h4-5,8,10,16H,6-7,11H2,1-3H3/t16-/m0/s1. The first-order chi connectivity index (χ1) is 14.9. The third kappa shape index (κ3) is 5.40. The molecule has 1 aromatic carbocycles. The first kappa shape index (κ1) is 23.6. The highest BCUT2D eigenvalue weighted by atomic mass is 35.5. The Kier molecular flexibility index (Phi) is 6.51. The Bertz CT molecular complexity index is 1070. The van der Waals surface area contributed by atoms with Gasteiger partial charge in [0.25, 0.3) is 0 Å². The molecule has 2 aromatic rings. The summed E-state index contributed by atoms with van der Waals surface area (Å²) in [5.41, 5.74) is -0.815. The van der Waals surface area contributed by atoms with Gasteiger partial charge in [0.2, 0.25) is 5.28 Å². The molecule has 0 saturated carbocycles. The number of alkyl halides is 2. The molecule has 1 amide bonds. The van der Waals surface area contributed by atoms with Crippen LogP contribution in [0.2, 0.25) is 5.28 Å². The van der Waals surface area contributed by atoms with Crippen LogP contribution in [0.15, 0.2) is 24.4 Å². The number of amides is 1. The predicted octanol–water partition coefficient (Wildman–Crippen LogP) is 4.83. The molecule has 7 nitrogen and oxygen atoms in total. The van der Waals surface area contributed by atoms with E-state index in [-0.39, 0.29) is 40.8 Å². The van der Waals surface area contributed by atoms with Crippen LogP contribution in [0.4, 0.5) is 18.0 Å². The summed E-state index contributed by atoms with van der Waals surface area (Å²) < 4.78 is 54.1. The highest BCUT2D eigenvalue weighted by Crippen LogP contribution is 2.34. The Hall–Kier alpha value is -3.06. The summed E-state index contributed by atoms with van der Waals surface area (Å²) in [4.78, 5) is 20.4. The smallest absolute Gasteiger partial charge is 0.410 e. The van der Waals surface area contributed by atoms with Gasteiger partial charge in [-0.3, -0.25) is 0 Å². The van der Waals surface area contributed by atoms with Crippen LogP contribution in [-0.2, 0) is 4.74 Å². The van der Waals surface area contributed by atoms with E-state index in [1.54, 1.807) is 20.8 Å². The molecule has 1 saturated heterocycles. The second-order valence-electron chi connectivity index (χ2n) is 8.22. The fraction of sp³-hybridized carbons (Fsp3) is 0.429. The molecular formula is C21H20ClF3N4O3. The molecule has 0 bridgehead atoms. The van der Waals surface area contributed by atoms with Gasteiger partial charge in [0.05, 0.1) is 18.3 Å². The first-order valence-corrected chi connectivity index (χ1v) is 10.0. The van der Waals surface area contributed by atoms with Crippen molar-refractivity contribution in [3.8, 4) is 23.1 Å². The molecule has 1 aromatic heterocycles. The van der Waals surface area contributed by atoms with E-state index in [4.69, 9.17) is 21.1 Å². The van der Waals surface area contributed by atoms with Gasteiger partial charge in [-0.15, -0.1) is 0 Å². The van der Waals surface area contributed by atoms with Crippen LogP contribution in [0, 0.1) is 17.1 Å². The van der Waals surface area contributed by atoms with Gasteiger partial charge in [0.15, 0.2) is 11.9 Å². The third-order valence-electron chi connectivity index (χ3n) is 4.54. The number of benzene rings is 1. The van der Waals surface area contributed by atoms with Crippen LogP contribution in [0.5, 0.6) is 5.75 Å². The fourth-order valence-corrected chi connectivity index (χ4v) is 3.25. The second-order valence-corrected chi connectivity index (χ2v) is 8.55. The molecule has 0 N–H and O–H groups in total. The number of hydrogen-bond acceptors (Lipinski definition) is 6. The molecule has 11 heteroatoms. The molecule has 0 aliphatic carbocycles. The van der Waals surface area contributed by atoms with Crippen molar-refractivity contribution >= 4 is 17.7 Å². The van der Waals surface area contributed by atoms with Crippen LogP contribution < -0.4 is 4.74 Å². The monoisotopic (exact) mass is 468 g/mol. The molecule has 1 fully saturated rings. The summed E-state index contributed by atoms with van der Waals surface area (Å²) in [6, 6.07) is 5.80. The minimum absolute atomic E-state index is 0.000212. The summed E-state index contributed by atoms with van der Waals surface area (Å²) in [5, 5.41) is 9.27. The van der Waals surface area contributed by atoms with Crippen molar-refractivity contribution < 1.29 is 27.4 Å². The van der Waals surface area contributed by atoms with Crippen LogP contribution >= 0.6 is 11.6 Å². The Morgan fingerprint density at radius 3 is 2.72 bits per heavy atom. The van der Waals surface area contributed by atoms with Crippen LogP contribution in [0.25, 0.3) is 11.3 Å². The number of nitriles is 1. The summed E-state index contributed by atoms with van der Waals surface area (Å²) >= 11 is 5.70. The van der Waals surface area contributed by atoms with E-state index in [1.807, 2.05) is 6.07 Å². The first-order valence-electron chi connectivity index (χ1n) is 9.64. The lowest BCUT2D eigenvalue weighted by Gasteiger charge is -2.38. The number of piperidine rings is 1. The summed E-state index contributed by atoms with van der Waals surface area (Å²) in [6.45, 7) is 4.06. The van der Waals surface area contributed by atoms with Crippen molar-refractivity contribution in [1.82, 2.24) is 14.9 Å². The van der Waals surface area contributed by atoms with E-state index in [9.17, 15) is 23.2 Å². The Morgan fingerprint density at radius 2 is 2.09 bits per heavy atom. The van der Waals surface area contributed by atoms with Gasteiger partial charge in [-0.05, 0) is 50.6 Å². The number of ether oxygens (including phenoxy) is 2. The van der Waals surface area contributed by atoms with Crippen molar-refractivity contribution in [2.45, 2.75) is 44.8 Å². The highest BCUT2D eigenvalue weighted by Gasteiger charge is 2.48. The maximum Gasteiger partial charge on any atom is 0.410 e. The van der Waals surface area contributed by atoms with Crippen LogP contribution in [0.1, 0.15) is 32.8 Å². The predicted molar refractivity (Wildman–Crippen MR) is 109 cm³/mol. The van der Waals surface area contributed by atoms with E-state index in [1.165, 1.54) is 18.2 Å². The largest absolute Gasteiger partial charge is 0.483 e. The van der Waals surface area contributed by atoms with Gasteiger partial charge >= 0.3 is 12.0 Å². The summed E-state index contributed by atoms with van der Waals surface area (Å²) in [6.07, 6.45) is -1.68. The van der Waals surface area contributed by atoms with Crippen molar-refractivity contribution in [2.24, 2.45) is 0 Å². The van der Waals surface area contributed by atoms with Crippen molar-refractivity contribution in [2.75, 3.05) is 13.1 Å². The number of likely N-dealkylation sites (tertiary alicyclic amines) is 1. The maximum absolute atomic E-state index is 14.7. The van der Waals surface area contributed by atoms with E-state index in [0.29, 0.717) is 0 Å². The van der Waals surface area contributed by atoms with Crippen molar-refractivity contribution in [1.29, 1.82) is 5.26 Å². The Balaban J connectivity index is 1.78. The molecular weight excluding hydrogens is 449 g/mol. The highest BCUT2D eigenvalue weighted by molar-refractivity contribution is 6.28. The van der Waals surface area contributed by atoms with Crippen molar-refractivity contribution in [3.63, 3.8) is 0 Å². The number of nitrogens with zero attached hydrogens (tertiary/aromatic N) is 4. The zero-order valence-electron chi connectivity index (χ0n) is 17.5. The Labute approximate surface area is 187 Å². The average Bonchev–Trinajstić information content (AvgIpc) is 2.70. The summed E-state index contributed by atoms with van der Waals surface area (Å²) in [7, 11) is 0. The van der Waals surface area contributed by atoms with Gasteiger partial charge in [-0.25, -0.2) is 27.9 Å². The number of aromatic nitrogens is 2. The van der Waals surface area contributed by atoms with Crippen LogP contribution in [-0.4, -0.2) is 51.7 Å². The van der Waals surface area contributed by atoms with Gasteiger partial charge in [0.1, 0.15) is 23.1 Å². The minimum atomic E-state index is -3.38. The second kappa shape index (κ2) is 8.82. The topological polar surface area (TPSA) is 88.3 Å². The molecule has 0 unspecified atom stereocenters. The van der Waals surface area contributed by atoms with Gasteiger partial charge in [-0.2, -0.15) is 5.26 Å². The van der Waals surface area contributed by atoms with E-state index < -0.39 is 36.1 Å². The molecule has 1 aliphatic rings. The lowest BCUT2D eigenvalue weighted by atomic mass is 10.0. The molecule has 3 rings (SSSR count). The normalized spacial score (nSPS) is 18.1. The number of carbonyl (C=O) groups is 1. The zero-order valence-corrected chi connectivity index (χ0v) is 18.3.